The number of rotatable bonds is 4. The maximum Gasteiger partial charge on any atom is 0.257 e. The average Bonchev–Trinajstić information content (AvgIpc) is 3.06. The zero-order valence-electron chi connectivity index (χ0n) is 14.2. The van der Waals surface area contributed by atoms with Crippen molar-refractivity contribution in [1.29, 1.82) is 0 Å². The Balaban J connectivity index is 1.75. The number of para-hydroxylation sites is 1. The van der Waals surface area contributed by atoms with Crippen LogP contribution in [0.15, 0.2) is 83.3 Å². The van der Waals surface area contributed by atoms with E-state index in [1.54, 1.807) is 31.4 Å². The number of anilines is 1. The fourth-order valence-electron chi connectivity index (χ4n) is 2.94. The van der Waals surface area contributed by atoms with E-state index in [0.29, 0.717) is 17.2 Å². The molecule has 1 heterocycles. The largest absolute Gasteiger partial charge is 0.497 e. The summed E-state index contributed by atoms with van der Waals surface area (Å²) in [6.45, 7) is 0. The van der Waals surface area contributed by atoms with Crippen molar-refractivity contribution in [3.63, 3.8) is 0 Å². The molecule has 0 bridgehead atoms. The lowest BCUT2D eigenvalue weighted by Gasteiger charge is -2.07. The molecule has 4 nitrogen and oxygen atoms in total. The van der Waals surface area contributed by atoms with Crippen LogP contribution in [0.1, 0.15) is 10.4 Å². The highest BCUT2D eigenvalue weighted by atomic mass is 16.5. The molecule has 0 radical (unpaired) electrons. The van der Waals surface area contributed by atoms with Gasteiger partial charge in [-0.15, -0.1) is 0 Å². The highest BCUT2D eigenvalue weighted by Crippen LogP contribution is 2.38. The molecule has 0 atom stereocenters. The van der Waals surface area contributed by atoms with Gasteiger partial charge in [0.1, 0.15) is 11.3 Å². The third-order valence-electron chi connectivity index (χ3n) is 4.24. The zero-order chi connectivity index (χ0) is 17.9. The lowest BCUT2D eigenvalue weighted by molar-refractivity contribution is 0.102. The minimum atomic E-state index is -0.233. The molecule has 1 amide bonds. The predicted octanol–water partition coefficient (Wildman–Crippen LogP) is 5.36. The molecule has 0 aliphatic carbocycles. The molecular formula is C22H17NO3. The van der Waals surface area contributed by atoms with E-state index >= 15 is 0 Å². The third kappa shape index (κ3) is 2.93. The molecule has 1 aromatic heterocycles. The molecule has 3 aromatic carbocycles. The monoisotopic (exact) mass is 343 g/mol. The van der Waals surface area contributed by atoms with Crippen LogP contribution < -0.4 is 10.1 Å². The Bertz CT molecular complexity index is 1050. The van der Waals surface area contributed by atoms with E-state index in [2.05, 4.69) is 5.32 Å². The molecule has 26 heavy (non-hydrogen) atoms. The Kier molecular flexibility index (Phi) is 4.15. The van der Waals surface area contributed by atoms with E-state index in [-0.39, 0.29) is 5.91 Å². The standard InChI is InChI=1S/C22H17NO3/c1-25-17-13-11-16(12-14-17)21(24)23-22-20(15-7-3-2-4-8-15)18-9-5-6-10-19(18)26-22/h2-14H,1H3,(H,23,24). The summed E-state index contributed by atoms with van der Waals surface area (Å²) in [5, 5.41) is 3.87. The van der Waals surface area contributed by atoms with Gasteiger partial charge < -0.3 is 9.15 Å². The molecule has 4 heteroatoms. The number of hydrogen-bond donors (Lipinski definition) is 1. The first-order valence-corrected chi connectivity index (χ1v) is 8.28. The second-order valence-corrected chi connectivity index (χ2v) is 5.85. The smallest absolute Gasteiger partial charge is 0.257 e. The van der Waals surface area contributed by atoms with Crippen LogP contribution >= 0.6 is 0 Å². The van der Waals surface area contributed by atoms with Crippen molar-refractivity contribution in [3.8, 4) is 16.9 Å². The topological polar surface area (TPSA) is 51.5 Å². The first kappa shape index (κ1) is 16.0. The van der Waals surface area contributed by atoms with Gasteiger partial charge in [-0.3, -0.25) is 10.1 Å². The third-order valence-corrected chi connectivity index (χ3v) is 4.24. The van der Waals surface area contributed by atoms with E-state index in [1.165, 1.54) is 0 Å². The van der Waals surface area contributed by atoms with Gasteiger partial charge in [0.05, 0.1) is 12.7 Å². The van der Waals surface area contributed by atoms with E-state index in [9.17, 15) is 4.79 Å². The van der Waals surface area contributed by atoms with Crippen molar-refractivity contribution in [1.82, 2.24) is 0 Å². The van der Waals surface area contributed by atoms with Crippen LogP contribution in [-0.4, -0.2) is 13.0 Å². The highest BCUT2D eigenvalue weighted by molar-refractivity contribution is 6.09. The Morgan fingerprint density at radius 2 is 1.58 bits per heavy atom. The highest BCUT2D eigenvalue weighted by Gasteiger charge is 2.18. The molecule has 0 saturated heterocycles. The van der Waals surface area contributed by atoms with Crippen molar-refractivity contribution in [2.45, 2.75) is 0 Å². The summed E-state index contributed by atoms with van der Waals surface area (Å²) < 4.78 is 11.1. The van der Waals surface area contributed by atoms with Gasteiger partial charge in [-0.1, -0.05) is 48.5 Å². The normalized spacial score (nSPS) is 10.7. The van der Waals surface area contributed by atoms with Crippen LogP contribution in [0.3, 0.4) is 0 Å². The minimum Gasteiger partial charge on any atom is -0.497 e. The molecule has 0 aliphatic rings. The van der Waals surface area contributed by atoms with Gasteiger partial charge in [-0.05, 0) is 35.9 Å². The van der Waals surface area contributed by atoms with E-state index in [1.807, 2.05) is 54.6 Å². The Morgan fingerprint density at radius 1 is 0.885 bits per heavy atom. The molecule has 0 saturated carbocycles. The van der Waals surface area contributed by atoms with Gasteiger partial charge in [0.25, 0.3) is 5.91 Å². The molecular weight excluding hydrogens is 326 g/mol. The quantitative estimate of drug-likeness (QED) is 0.542. The minimum absolute atomic E-state index is 0.233. The molecule has 0 fully saturated rings. The summed E-state index contributed by atoms with van der Waals surface area (Å²) in [5.74, 6) is 0.914. The van der Waals surface area contributed by atoms with Crippen molar-refractivity contribution in [3.05, 3.63) is 84.4 Å². The number of carbonyl (C=O) groups excluding carboxylic acids is 1. The number of furan rings is 1. The molecule has 0 aliphatic heterocycles. The summed E-state index contributed by atoms with van der Waals surface area (Å²) in [4.78, 5) is 12.7. The molecule has 128 valence electrons. The Labute approximate surface area is 151 Å². The molecule has 0 unspecified atom stereocenters. The maximum atomic E-state index is 12.7. The van der Waals surface area contributed by atoms with Gasteiger partial charge in [-0.2, -0.15) is 0 Å². The summed E-state index contributed by atoms with van der Waals surface area (Å²) in [7, 11) is 1.59. The van der Waals surface area contributed by atoms with Gasteiger partial charge >= 0.3 is 0 Å². The summed E-state index contributed by atoms with van der Waals surface area (Å²) in [6.07, 6.45) is 0. The number of hydrogen-bond acceptors (Lipinski definition) is 3. The summed E-state index contributed by atoms with van der Waals surface area (Å²) in [6, 6.07) is 24.6. The van der Waals surface area contributed by atoms with E-state index < -0.39 is 0 Å². The first-order chi connectivity index (χ1) is 12.8. The zero-order valence-corrected chi connectivity index (χ0v) is 14.2. The Hall–Kier alpha value is -3.53. The first-order valence-electron chi connectivity index (χ1n) is 8.28. The van der Waals surface area contributed by atoms with Crippen LogP contribution in [0, 0.1) is 0 Å². The number of carbonyl (C=O) groups is 1. The van der Waals surface area contributed by atoms with Crippen molar-refractivity contribution in [2.75, 3.05) is 12.4 Å². The Morgan fingerprint density at radius 3 is 2.31 bits per heavy atom. The van der Waals surface area contributed by atoms with Gasteiger partial charge in [-0.25, -0.2) is 0 Å². The molecule has 4 rings (SSSR count). The second kappa shape index (κ2) is 6.76. The fraction of sp³-hybridized carbons (Fsp3) is 0.0455. The number of ether oxygens (including phenoxy) is 1. The number of methoxy groups -OCH3 is 1. The molecule has 1 N–H and O–H groups in total. The van der Waals surface area contributed by atoms with Crippen molar-refractivity contribution < 1.29 is 13.9 Å². The fourth-order valence-corrected chi connectivity index (χ4v) is 2.94. The number of fused-ring (bicyclic) bond motifs is 1. The van der Waals surface area contributed by atoms with Crippen molar-refractivity contribution >= 4 is 22.8 Å². The van der Waals surface area contributed by atoms with Gasteiger partial charge in [0.15, 0.2) is 0 Å². The van der Waals surface area contributed by atoms with Crippen LogP contribution in [0.25, 0.3) is 22.1 Å². The van der Waals surface area contributed by atoms with Crippen LogP contribution in [-0.2, 0) is 0 Å². The lowest BCUT2D eigenvalue weighted by atomic mass is 10.0. The van der Waals surface area contributed by atoms with Gasteiger partial charge in [0.2, 0.25) is 5.88 Å². The molecule has 4 aromatic rings. The van der Waals surface area contributed by atoms with E-state index in [4.69, 9.17) is 9.15 Å². The molecule has 0 spiro atoms. The van der Waals surface area contributed by atoms with Crippen molar-refractivity contribution in [2.24, 2.45) is 0 Å². The number of benzene rings is 3. The van der Waals surface area contributed by atoms with Gasteiger partial charge in [0, 0.05) is 10.9 Å². The summed E-state index contributed by atoms with van der Waals surface area (Å²) in [5.41, 5.74) is 3.13. The van der Waals surface area contributed by atoms with Crippen LogP contribution in [0.4, 0.5) is 5.88 Å². The lowest BCUT2D eigenvalue weighted by Crippen LogP contribution is -2.11. The number of amides is 1. The second-order valence-electron chi connectivity index (χ2n) is 5.85. The summed E-state index contributed by atoms with van der Waals surface area (Å²) >= 11 is 0. The average molecular weight is 343 g/mol. The predicted molar refractivity (Wildman–Crippen MR) is 103 cm³/mol. The van der Waals surface area contributed by atoms with Crippen LogP contribution in [0.2, 0.25) is 0 Å². The maximum absolute atomic E-state index is 12.7. The van der Waals surface area contributed by atoms with Crippen LogP contribution in [0.5, 0.6) is 5.75 Å². The SMILES string of the molecule is COc1ccc(C(=O)Nc2oc3ccccc3c2-c2ccccc2)cc1. The number of nitrogens with one attached hydrogen (secondary N) is 1. The van der Waals surface area contributed by atoms with E-state index in [0.717, 1.165) is 22.1 Å².